The minimum atomic E-state index is -4.38. The number of hydrogen-bond donors (Lipinski definition) is 1. The molecule has 4 nitrogen and oxygen atoms in total. The van der Waals surface area contributed by atoms with Crippen molar-refractivity contribution in [3.63, 3.8) is 0 Å². The summed E-state index contributed by atoms with van der Waals surface area (Å²) in [6.07, 6.45) is -5.54. The van der Waals surface area contributed by atoms with Gasteiger partial charge in [0.05, 0.1) is 11.3 Å². The molecule has 0 bridgehead atoms. The van der Waals surface area contributed by atoms with Gasteiger partial charge in [-0.15, -0.1) is 0 Å². The number of hydrogen-bond acceptors (Lipinski definition) is 3. The Balaban J connectivity index is 2.89. The topological polar surface area (TPSA) is 49.4 Å². The van der Waals surface area contributed by atoms with Gasteiger partial charge in [0.1, 0.15) is 0 Å². The molecule has 1 N–H and O–H groups in total. The van der Waals surface area contributed by atoms with E-state index in [9.17, 15) is 21.6 Å². The van der Waals surface area contributed by atoms with Crippen LogP contribution >= 0.6 is 0 Å². The molecule has 8 heteroatoms. The van der Waals surface area contributed by atoms with Crippen molar-refractivity contribution in [1.82, 2.24) is 9.62 Å². The van der Waals surface area contributed by atoms with Crippen LogP contribution in [-0.2, 0) is 16.6 Å². The molecule has 0 aliphatic rings. The van der Waals surface area contributed by atoms with Gasteiger partial charge in [-0.25, -0.2) is 12.7 Å². The molecule has 0 aliphatic carbocycles. The second-order valence-electron chi connectivity index (χ2n) is 4.37. The molecule has 1 aromatic rings. The summed E-state index contributed by atoms with van der Waals surface area (Å²) in [5.41, 5.74) is 0.748. The molecule has 0 atom stereocenters. The number of benzene rings is 1. The highest BCUT2D eigenvalue weighted by atomic mass is 32.2. The second-order valence-corrected chi connectivity index (χ2v) is 6.41. The van der Waals surface area contributed by atoms with Gasteiger partial charge in [0, 0.05) is 20.1 Å². The van der Waals surface area contributed by atoms with E-state index in [0.29, 0.717) is 6.54 Å². The number of rotatable bonds is 6. The van der Waals surface area contributed by atoms with Crippen molar-refractivity contribution >= 4 is 10.0 Å². The van der Waals surface area contributed by atoms with Crippen LogP contribution in [0.25, 0.3) is 0 Å². The van der Waals surface area contributed by atoms with E-state index in [1.807, 2.05) is 0 Å². The van der Waals surface area contributed by atoms with Crippen molar-refractivity contribution in [3.8, 4) is 0 Å². The van der Waals surface area contributed by atoms with Gasteiger partial charge in [-0.3, -0.25) is 0 Å². The zero-order valence-electron chi connectivity index (χ0n) is 11.2. The average molecular weight is 310 g/mol. The highest BCUT2D eigenvalue weighted by Crippen LogP contribution is 2.22. The van der Waals surface area contributed by atoms with Gasteiger partial charge in [-0.05, 0) is 24.7 Å². The fourth-order valence-corrected chi connectivity index (χ4v) is 2.85. The first-order chi connectivity index (χ1) is 9.16. The van der Waals surface area contributed by atoms with Crippen LogP contribution in [0.15, 0.2) is 29.2 Å². The Labute approximate surface area is 116 Å². The van der Waals surface area contributed by atoms with Crippen LogP contribution in [0.5, 0.6) is 0 Å². The lowest BCUT2D eigenvalue weighted by Crippen LogP contribution is -2.30. The van der Waals surface area contributed by atoms with Gasteiger partial charge < -0.3 is 5.32 Å². The van der Waals surface area contributed by atoms with Crippen molar-refractivity contribution in [1.29, 1.82) is 0 Å². The Morgan fingerprint density at radius 2 is 1.95 bits per heavy atom. The lowest BCUT2D eigenvalue weighted by Gasteiger charge is -2.18. The zero-order valence-corrected chi connectivity index (χ0v) is 12.1. The lowest BCUT2D eigenvalue weighted by atomic mass is 10.2. The van der Waals surface area contributed by atoms with Crippen molar-refractivity contribution < 1.29 is 21.6 Å². The van der Waals surface area contributed by atoms with Gasteiger partial charge in [0.25, 0.3) is 0 Å². The summed E-state index contributed by atoms with van der Waals surface area (Å²) in [5, 5.41) is 2.88. The summed E-state index contributed by atoms with van der Waals surface area (Å²) in [7, 11) is -1.03. The molecule has 0 amide bonds. The Morgan fingerprint density at radius 1 is 1.30 bits per heavy atom. The van der Waals surface area contributed by atoms with Crippen LogP contribution in [0.4, 0.5) is 13.2 Å². The first kappa shape index (κ1) is 16.9. The minimum Gasteiger partial charge on any atom is -0.316 e. The normalized spacial score (nSPS) is 12.9. The number of alkyl halides is 3. The van der Waals surface area contributed by atoms with E-state index < -0.39 is 29.2 Å². The summed E-state index contributed by atoms with van der Waals surface area (Å²) in [6, 6.07) is 6.14. The van der Waals surface area contributed by atoms with E-state index in [0.717, 1.165) is 16.9 Å². The first-order valence-electron chi connectivity index (χ1n) is 5.93. The first-order valence-corrected chi connectivity index (χ1v) is 7.37. The molecule has 0 aliphatic heterocycles. The molecule has 1 aromatic carbocycles. The van der Waals surface area contributed by atoms with Gasteiger partial charge in [-0.2, -0.15) is 13.2 Å². The third kappa shape index (κ3) is 4.77. The van der Waals surface area contributed by atoms with Crippen molar-refractivity contribution in [2.75, 3.05) is 20.6 Å². The quantitative estimate of drug-likeness (QED) is 0.874. The maximum Gasteiger partial charge on any atom is 0.390 e. The van der Waals surface area contributed by atoms with Crippen molar-refractivity contribution in [3.05, 3.63) is 29.8 Å². The Hall–Kier alpha value is -1.12. The molecular formula is C12H17F3N2O2S. The van der Waals surface area contributed by atoms with Gasteiger partial charge in [0.15, 0.2) is 0 Å². The third-order valence-corrected chi connectivity index (χ3v) is 4.55. The molecule has 0 aromatic heterocycles. The molecule has 0 fully saturated rings. The Kier molecular flexibility index (Phi) is 5.55. The third-order valence-electron chi connectivity index (χ3n) is 2.70. The van der Waals surface area contributed by atoms with E-state index in [-0.39, 0.29) is 4.90 Å². The van der Waals surface area contributed by atoms with Crippen LogP contribution in [0, 0.1) is 0 Å². The van der Waals surface area contributed by atoms with Crippen LogP contribution in [0.2, 0.25) is 0 Å². The van der Waals surface area contributed by atoms with E-state index >= 15 is 0 Å². The fraction of sp³-hybridized carbons (Fsp3) is 0.500. The maximum absolute atomic E-state index is 12.1. The van der Waals surface area contributed by atoms with E-state index in [1.165, 1.54) is 12.1 Å². The Bertz CT molecular complexity index is 544. The summed E-state index contributed by atoms with van der Waals surface area (Å²) in [5.74, 6) is 0. The van der Waals surface area contributed by atoms with E-state index in [1.54, 1.807) is 19.2 Å². The van der Waals surface area contributed by atoms with Gasteiger partial charge >= 0.3 is 6.18 Å². The zero-order chi connectivity index (χ0) is 15.4. The summed E-state index contributed by atoms with van der Waals surface area (Å²) >= 11 is 0. The number of nitrogens with one attached hydrogen (secondary N) is 1. The Morgan fingerprint density at radius 3 is 2.50 bits per heavy atom. The van der Waals surface area contributed by atoms with Crippen LogP contribution < -0.4 is 5.32 Å². The van der Waals surface area contributed by atoms with Crippen LogP contribution in [0.3, 0.4) is 0 Å². The molecule has 20 heavy (non-hydrogen) atoms. The molecule has 114 valence electrons. The van der Waals surface area contributed by atoms with Crippen molar-refractivity contribution in [2.45, 2.75) is 24.0 Å². The molecule has 0 unspecified atom stereocenters. The SMILES string of the molecule is CNCc1cccc(S(=O)(=O)N(C)CCC(F)(F)F)c1. The minimum absolute atomic E-state index is 0.00470. The molecule has 0 saturated carbocycles. The summed E-state index contributed by atoms with van der Waals surface area (Å²) < 4.78 is 61.4. The average Bonchev–Trinajstić information content (AvgIpc) is 2.35. The fourth-order valence-electron chi connectivity index (χ4n) is 1.60. The highest BCUT2D eigenvalue weighted by molar-refractivity contribution is 7.89. The summed E-state index contributed by atoms with van der Waals surface area (Å²) in [6.45, 7) is -0.113. The monoisotopic (exact) mass is 310 g/mol. The number of halogens is 3. The smallest absolute Gasteiger partial charge is 0.316 e. The predicted octanol–water partition coefficient (Wildman–Crippen LogP) is 1.98. The maximum atomic E-state index is 12.1. The molecule has 0 heterocycles. The largest absolute Gasteiger partial charge is 0.390 e. The molecular weight excluding hydrogens is 293 g/mol. The molecule has 0 saturated heterocycles. The van der Waals surface area contributed by atoms with Crippen LogP contribution in [-0.4, -0.2) is 39.5 Å². The molecule has 0 radical (unpaired) electrons. The summed E-state index contributed by atoms with van der Waals surface area (Å²) in [4.78, 5) is -0.00470. The lowest BCUT2D eigenvalue weighted by molar-refractivity contribution is -0.135. The van der Waals surface area contributed by atoms with Gasteiger partial charge in [0.2, 0.25) is 10.0 Å². The molecule has 0 spiro atoms. The van der Waals surface area contributed by atoms with Crippen LogP contribution in [0.1, 0.15) is 12.0 Å². The second kappa shape index (κ2) is 6.55. The standard InChI is InChI=1S/C12H17F3N2O2S/c1-16-9-10-4-3-5-11(8-10)20(18,19)17(2)7-6-12(13,14)15/h3-5,8,16H,6-7,9H2,1-2H3. The van der Waals surface area contributed by atoms with E-state index in [4.69, 9.17) is 0 Å². The van der Waals surface area contributed by atoms with E-state index in [2.05, 4.69) is 5.32 Å². The predicted molar refractivity (Wildman–Crippen MR) is 69.7 cm³/mol. The number of nitrogens with zero attached hydrogens (tertiary/aromatic N) is 1. The highest BCUT2D eigenvalue weighted by Gasteiger charge is 2.30. The van der Waals surface area contributed by atoms with Gasteiger partial charge in [-0.1, -0.05) is 12.1 Å². The molecule has 1 rings (SSSR count). The van der Waals surface area contributed by atoms with Crippen molar-refractivity contribution in [2.24, 2.45) is 0 Å². The number of sulfonamides is 1.